The smallest absolute Gasteiger partial charge is 0.231 e. The first-order valence-electron chi connectivity index (χ1n) is 6.29. The summed E-state index contributed by atoms with van der Waals surface area (Å²) in [5.74, 6) is 1.60. The largest absolute Gasteiger partial charge is 0.454 e. The normalized spacial score (nSPS) is 18.5. The molecular weight excluding hydrogens is 298 g/mol. The van der Waals surface area contributed by atoms with E-state index in [-0.39, 0.29) is 0 Å². The van der Waals surface area contributed by atoms with Crippen molar-refractivity contribution < 1.29 is 14.3 Å². The Labute approximate surface area is 115 Å². The van der Waals surface area contributed by atoms with Crippen molar-refractivity contribution in [1.82, 2.24) is 5.48 Å². The van der Waals surface area contributed by atoms with Crippen LogP contribution < -0.4 is 15.0 Å². The summed E-state index contributed by atoms with van der Waals surface area (Å²) in [6.07, 6.45) is 5.25. The molecule has 3 rings (SSSR count). The molecule has 1 aromatic carbocycles. The van der Waals surface area contributed by atoms with Crippen molar-refractivity contribution >= 4 is 15.9 Å². The molecule has 2 aliphatic rings. The van der Waals surface area contributed by atoms with Crippen molar-refractivity contribution in [2.75, 3.05) is 6.79 Å². The van der Waals surface area contributed by atoms with Gasteiger partial charge in [0.2, 0.25) is 6.79 Å². The molecule has 0 saturated heterocycles. The van der Waals surface area contributed by atoms with Crippen LogP contribution in [0, 0.1) is 0 Å². The van der Waals surface area contributed by atoms with Crippen LogP contribution in [0.25, 0.3) is 0 Å². The van der Waals surface area contributed by atoms with Crippen LogP contribution in [-0.4, -0.2) is 12.9 Å². The Morgan fingerprint density at radius 2 is 1.94 bits per heavy atom. The highest BCUT2D eigenvalue weighted by Gasteiger charge is 2.18. The van der Waals surface area contributed by atoms with E-state index in [1.54, 1.807) is 0 Å². The van der Waals surface area contributed by atoms with Crippen molar-refractivity contribution in [1.29, 1.82) is 0 Å². The Morgan fingerprint density at radius 3 is 2.72 bits per heavy atom. The number of benzene rings is 1. The van der Waals surface area contributed by atoms with Gasteiger partial charge in [0.05, 0.1) is 6.10 Å². The number of rotatable bonds is 4. The van der Waals surface area contributed by atoms with Gasteiger partial charge in [-0.3, -0.25) is 4.84 Å². The van der Waals surface area contributed by atoms with E-state index in [1.165, 1.54) is 12.8 Å². The molecule has 1 saturated carbocycles. The van der Waals surface area contributed by atoms with Crippen molar-refractivity contribution in [2.24, 2.45) is 0 Å². The lowest BCUT2D eigenvalue weighted by Gasteiger charge is -2.12. The molecule has 5 heteroatoms. The van der Waals surface area contributed by atoms with Crippen LogP contribution in [0.15, 0.2) is 16.6 Å². The third-order valence-electron chi connectivity index (χ3n) is 3.36. The minimum absolute atomic E-state index is 0.303. The molecule has 1 aliphatic carbocycles. The fraction of sp³-hybridized carbons (Fsp3) is 0.538. The molecule has 0 bridgehead atoms. The summed E-state index contributed by atoms with van der Waals surface area (Å²) in [6.45, 7) is 0.963. The highest BCUT2D eigenvalue weighted by molar-refractivity contribution is 9.10. The Kier molecular flexibility index (Phi) is 3.72. The molecule has 1 aromatic rings. The van der Waals surface area contributed by atoms with Gasteiger partial charge < -0.3 is 9.47 Å². The Hall–Kier alpha value is -0.780. The number of hydroxylamine groups is 1. The average molecular weight is 314 g/mol. The molecular formula is C13H16BrNO3. The average Bonchev–Trinajstić information content (AvgIpc) is 3.00. The van der Waals surface area contributed by atoms with Gasteiger partial charge in [-0.1, -0.05) is 28.8 Å². The second-order valence-electron chi connectivity index (χ2n) is 4.64. The molecule has 1 heterocycles. The van der Waals surface area contributed by atoms with Crippen LogP contribution in [0.1, 0.15) is 31.2 Å². The summed E-state index contributed by atoms with van der Waals surface area (Å²) >= 11 is 3.53. The van der Waals surface area contributed by atoms with Gasteiger partial charge in [0.1, 0.15) is 0 Å². The second-order valence-corrected chi connectivity index (χ2v) is 5.50. The Balaban J connectivity index is 1.58. The predicted octanol–water partition coefficient (Wildman–Crippen LogP) is 3.14. The molecule has 1 N–H and O–H groups in total. The monoisotopic (exact) mass is 313 g/mol. The SMILES string of the molecule is Brc1cc2c(cc1CNOC1CCCC1)OCO2. The molecule has 0 unspecified atom stereocenters. The van der Waals surface area contributed by atoms with E-state index < -0.39 is 0 Å². The van der Waals surface area contributed by atoms with E-state index in [1.807, 2.05) is 12.1 Å². The minimum atomic E-state index is 0.303. The fourth-order valence-corrected chi connectivity index (χ4v) is 2.80. The maximum absolute atomic E-state index is 5.64. The highest BCUT2D eigenvalue weighted by atomic mass is 79.9. The Morgan fingerprint density at radius 1 is 1.22 bits per heavy atom. The van der Waals surface area contributed by atoms with E-state index in [0.717, 1.165) is 34.4 Å². The molecule has 0 amide bonds. The van der Waals surface area contributed by atoms with E-state index in [4.69, 9.17) is 14.3 Å². The number of ether oxygens (including phenoxy) is 2. The lowest BCUT2D eigenvalue weighted by atomic mass is 10.2. The molecule has 0 radical (unpaired) electrons. The second kappa shape index (κ2) is 5.47. The third-order valence-corrected chi connectivity index (χ3v) is 4.09. The number of hydrogen-bond acceptors (Lipinski definition) is 4. The first kappa shape index (κ1) is 12.3. The zero-order valence-electron chi connectivity index (χ0n) is 10.1. The van der Waals surface area contributed by atoms with Gasteiger partial charge >= 0.3 is 0 Å². The zero-order chi connectivity index (χ0) is 12.4. The van der Waals surface area contributed by atoms with Crippen LogP contribution in [0.3, 0.4) is 0 Å². The molecule has 0 spiro atoms. The summed E-state index contributed by atoms with van der Waals surface area (Å²) in [4.78, 5) is 5.64. The molecule has 18 heavy (non-hydrogen) atoms. The number of fused-ring (bicyclic) bond motifs is 1. The molecule has 0 aromatic heterocycles. The standard InChI is InChI=1S/C13H16BrNO3/c14-11-6-13-12(16-8-17-13)5-9(11)7-15-18-10-3-1-2-4-10/h5-6,10,15H,1-4,7-8H2. The fourth-order valence-electron chi connectivity index (χ4n) is 2.34. The number of halogens is 1. The van der Waals surface area contributed by atoms with E-state index >= 15 is 0 Å². The van der Waals surface area contributed by atoms with Crippen molar-refractivity contribution in [3.63, 3.8) is 0 Å². The lowest BCUT2D eigenvalue weighted by molar-refractivity contribution is -0.0245. The van der Waals surface area contributed by atoms with Crippen LogP contribution in [-0.2, 0) is 11.4 Å². The number of nitrogens with one attached hydrogen (secondary N) is 1. The molecule has 4 nitrogen and oxygen atoms in total. The van der Waals surface area contributed by atoms with E-state index in [2.05, 4.69) is 21.4 Å². The Bertz CT molecular complexity index is 432. The molecule has 98 valence electrons. The van der Waals surface area contributed by atoms with E-state index in [9.17, 15) is 0 Å². The molecule has 1 aliphatic heterocycles. The van der Waals surface area contributed by atoms with Crippen molar-refractivity contribution in [2.45, 2.75) is 38.3 Å². The first-order valence-corrected chi connectivity index (χ1v) is 7.09. The van der Waals surface area contributed by atoms with Gasteiger partial charge in [0, 0.05) is 11.0 Å². The van der Waals surface area contributed by atoms with Crippen LogP contribution >= 0.6 is 15.9 Å². The maximum atomic E-state index is 5.64. The van der Waals surface area contributed by atoms with Gasteiger partial charge in [-0.25, -0.2) is 0 Å². The van der Waals surface area contributed by atoms with Crippen molar-refractivity contribution in [3.05, 3.63) is 22.2 Å². The summed E-state index contributed by atoms with van der Waals surface area (Å²) < 4.78 is 11.7. The van der Waals surface area contributed by atoms with Crippen LogP contribution in [0.5, 0.6) is 11.5 Å². The summed E-state index contributed by atoms with van der Waals surface area (Å²) in [5, 5.41) is 0. The third kappa shape index (κ3) is 2.63. The zero-order valence-corrected chi connectivity index (χ0v) is 11.7. The molecule has 1 fully saturated rings. The van der Waals surface area contributed by atoms with Crippen LogP contribution in [0.4, 0.5) is 0 Å². The maximum Gasteiger partial charge on any atom is 0.231 e. The van der Waals surface area contributed by atoms with Gasteiger partial charge in [0.15, 0.2) is 11.5 Å². The van der Waals surface area contributed by atoms with Gasteiger partial charge in [-0.2, -0.15) is 5.48 Å². The van der Waals surface area contributed by atoms with Crippen LogP contribution in [0.2, 0.25) is 0 Å². The summed E-state index contributed by atoms with van der Waals surface area (Å²) in [5.41, 5.74) is 4.16. The number of hydrogen-bond donors (Lipinski definition) is 1. The first-order chi connectivity index (χ1) is 8.83. The van der Waals surface area contributed by atoms with E-state index in [0.29, 0.717) is 19.4 Å². The van der Waals surface area contributed by atoms with Gasteiger partial charge in [0.25, 0.3) is 0 Å². The van der Waals surface area contributed by atoms with Gasteiger partial charge in [-0.15, -0.1) is 0 Å². The summed E-state index contributed by atoms with van der Waals surface area (Å²) in [6, 6.07) is 3.92. The molecule has 0 atom stereocenters. The predicted molar refractivity (Wildman–Crippen MR) is 70.4 cm³/mol. The lowest BCUT2D eigenvalue weighted by Crippen LogP contribution is -2.21. The quantitative estimate of drug-likeness (QED) is 0.867. The topological polar surface area (TPSA) is 39.7 Å². The van der Waals surface area contributed by atoms with Gasteiger partial charge in [-0.05, 0) is 30.5 Å². The summed E-state index contributed by atoms with van der Waals surface area (Å²) in [7, 11) is 0. The van der Waals surface area contributed by atoms with Crippen molar-refractivity contribution in [3.8, 4) is 11.5 Å². The highest BCUT2D eigenvalue weighted by Crippen LogP contribution is 2.36. The minimum Gasteiger partial charge on any atom is -0.454 e.